The van der Waals surface area contributed by atoms with Crippen molar-refractivity contribution < 1.29 is 8.42 Å². The van der Waals surface area contributed by atoms with Crippen LogP contribution in [-0.4, -0.2) is 8.42 Å². The van der Waals surface area contributed by atoms with Crippen LogP contribution in [0.4, 0.5) is 5.69 Å². The molecule has 0 amide bonds. The fraction of sp³-hybridized carbons (Fsp3) is 0.0769. The van der Waals surface area contributed by atoms with Crippen molar-refractivity contribution in [3.8, 4) is 0 Å². The Bertz CT molecular complexity index is 669. The molecule has 3 N–H and O–H groups in total. The molecule has 0 saturated carbocycles. The Labute approximate surface area is 117 Å². The summed E-state index contributed by atoms with van der Waals surface area (Å²) in [6.07, 6.45) is 0. The van der Waals surface area contributed by atoms with Gasteiger partial charge in [-0.15, -0.1) is 0 Å². The van der Waals surface area contributed by atoms with Gasteiger partial charge in [-0.3, -0.25) is 0 Å². The van der Waals surface area contributed by atoms with Crippen LogP contribution >= 0.6 is 11.6 Å². The van der Waals surface area contributed by atoms with Gasteiger partial charge in [0.15, 0.2) is 0 Å². The second-order valence-corrected chi connectivity index (χ2v) is 6.23. The summed E-state index contributed by atoms with van der Waals surface area (Å²) in [6, 6.07) is 13.1. The molecule has 0 aliphatic carbocycles. The molecule has 19 heavy (non-hydrogen) atoms. The summed E-state index contributed by atoms with van der Waals surface area (Å²) in [5.74, 6) is 0. The first kappa shape index (κ1) is 13.9. The Morgan fingerprint density at radius 1 is 1.11 bits per heavy atom. The molecule has 2 aromatic rings. The molecule has 0 heterocycles. The Hall–Kier alpha value is -1.56. The molecule has 0 unspecified atom stereocenters. The third kappa shape index (κ3) is 3.70. The Balaban J connectivity index is 2.12. The third-order valence-corrected chi connectivity index (χ3v) is 4.19. The van der Waals surface area contributed by atoms with Gasteiger partial charge in [0.05, 0.1) is 4.90 Å². The van der Waals surface area contributed by atoms with Gasteiger partial charge in [-0.25, -0.2) is 13.1 Å². The van der Waals surface area contributed by atoms with E-state index in [0.29, 0.717) is 10.7 Å². The van der Waals surface area contributed by atoms with Crippen LogP contribution in [0.3, 0.4) is 0 Å². The first-order chi connectivity index (χ1) is 8.97. The zero-order chi connectivity index (χ0) is 13.9. The zero-order valence-corrected chi connectivity index (χ0v) is 11.6. The summed E-state index contributed by atoms with van der Waals surface area (Å²) in [5, 5.41) is 0.385. The molecule has 0 spiro atoms. The van der Waals surface area contributed by atoms with E-state index in [4.69, 9.17) is 17.3 Å². The van der Waals surface area contributed by atoms with Crippen LogP contribution in [0.25, 0.3) is 0 Å². The molecule has 2 rings (SSSR count). The molecule has 0 bridgehead atoms. The van der Waals surface area contributed by atoms with E-state index in [1.807, 2.05) is 0 Å². The SMILES string of the molecule is Nc1ccc(CNS(=O)(=O)c2cccc(Cl)c2)cc1. The second kappa shape index (κ2) is 5.61. The van der Waals surface area contributed by atoms with Crippen LogP contribution in [0, 0.1) is 0 Å². The second-order valence-electron chi connectivity index (χ2n) is 4.02. The topological polar surface area (TPSA) is 72.2 Å². The van der Waals surface area contributed by atoms with E-state index in [9.17, 15) is 8.42 Å². The van der Waals surface area contributed by atoms with Crippen LogP contribution in [0.2, 0.25) is 5.02 Å². The van der Waals surface area contributed by atoms with E-state index in [1.54, 1.807) is 36.4 Å². The van der Waals surface area contributed by atoms with Gasteiger partial charge < -0.3 is 5.73 Å². The molecule has 0 aliphatic rings. The number of hydrogen-bond donors (Lipinski definition) is 2. The number of anilines is 1. The lowest BCUT2D eigenvalue weighted by Crippen LogP contribution is -2.23. The maximum absolute atomic E-state index is 12.0. The monoisotopic (exact) mass is 296 g/mol. The van der Waals surface area contributed by atoms with E-state index >= 15 is 0 Å². The van der Waals surface area contributed by atoms with Gasteiger partial charge in [-0.1, -0.05) is 29.8 Å². The van der Waals surface area contributed by atoms with E-state index in [2.05, 4.69) is 4.72 Å². The van der Waals surface area contributed by atoms with Crippen LogP contribution in [0.1, 0.15) is 5.56 Å². The van der Waals surface area contributed by atoms with Crippen molar-refractivity contribution in [2.45, 2.75) is 11.4 Å². The summed E-state index contributed by atoms with van der Waals surface area (Å²) in [4.78, 5) is 0.149. The first-order valence-electron chi connectivity index (χ1n) is 5.57. The molecule has 100 valence electrons. The Morgan fingerprint density at radius 3 is 2.42 bits per heavy atom. The van der Waals surface area contributed by atoms with Crippen molar-refractivity contribution in [1.29, 1.82) is 0 Å². The highest BCUT2D eigenvalue weighted by Gasteiger charge is 2.13. The number of hydrogen-bond acceptors (Lipinski definition) is 3. The number of benzene rings is 2. The average molecular weight is 297 g/mol. The molecule has 4 nitrogen and oxygen atoms in total. The van der Waals surface area contributed by atoms with Gasteiger partial charge in [0.25, 0.3) is 0 Å². The molecule has 0 aromatic heterocycles. The first-order valence-corrected chi connectivity index (χ1v) is 7.43. The van der Waals surface area contributed by atoms with Gasteiger partial charge >= 0.3 is 0 Å². The van der Waals surface area contributed by atoms with Gasteiger partial charge in [0.2, 0.25) is 10.0 Å². The minimum Gasteiger partial charge on any atom is -0.399 e. The predicted octanol–water partition coefficient (Wildman–Crippen LogP) is 2.40. The zero-order valence-electron chi connectivity index (χ0n) is 10.0. The standard InChI is InChI=1S/C13H13ClN2O2S/c14-11-2-1-3-13(8-11)19(17,18)16-9-10-4-6-12(15)7-5-10/h1-8,16H,9,15H2. The molecule has 2 aromatic carbocycles. The van der Waals surface area contributed by atoms with Gasteiger partial charge in [0, 0.05) is 17.3 Å². The Morgan fingerprint density at radius 2 is 1.79 bits per heavy atom. The van der Waals surface area contributed by atoms with E-state index in [1.165, 1.54) is 12.1 Å². The number of halogens is 1. The van der Waals surface area contributed by atoms with Crippen molar-refractivity contribution in [3.63, 3.8) is 0 Å². The summed E-state index contributed by atoms with van der Waals surface area (Å²) in [5.41, 5.74) is 7.04. The normalized spacial score (nSPS) is 11.4. The van der Waals surface area contributed by atoms with Crippen molar-refractivity contribution >= 4 is 27.3 Å². The van der Waals surface area contributed by atoms with Crippen molar-refractivity contribution in [2.24, 2.45) is 0 Å². The Kier molecular flexibility index (Phi) is 4.09. The van der Waals surface area contributed by atoms with Crippen LogP contribution in [0.15, 0.2) is 53.4 Å². The van der Waals surface area contributed by atoms with E-state index in [0.717, 1.165) is 5.56 Å². The molecule has 6 heteroatoms. The molecule has 0 fully saturated rings. The predicted molar refractivity (Wildman–Crippen MR) is 76.3 cm³/mol. The molecule has 0 radical (unpaired) electrons. The highest BCUT2D eigenvalue weighted by molar-refractivity contribution is 7.89. The summed E-state index contributed by atoms with van der Waals surface area (Å²) >= 11 is 5.78. The molecular formula is C13H13ClN2O2S. The quantitative estimate of drug-likeness (QED) is 0.851. The van der Waals surface area contributed by atoms with Gasteiger partial charge in [-0.2, -0.15) is 0 Å². The highest BCUT2D eigenvalue weighted by Crippen LogP contribution is 2.15. The van der Waals surface area contributed by atoms with Crippen molar-refractivity contribution in [1.82, 2.24) is 4.72 Å². The minimum absolute atomic E-state index is 0.149. The van der Waals surface area contributed by atoms with Crippen molar-refractivity contribution in [2.75, 3.05) is 5.73 Å². The largest absolute Gasteiger partial charge is 0.399 e. The number of nitrogens with two attached hydrogens (primary N) is 1. The maximum Gasteiger partial charge on any atom is 0.240 e. The van der Waals surface area contributed by atoms with Crippen LogP contribution in [-0.2, 0) is 16.6 Å². The lowest BCUT2D eigenvalue weighted by Gasteiger charge is -2.07. The maximum atomic E-state index is 12.0. The highest BCUT2D eigenvalue weighted by atomic mass is 35.5. The minimum atomic E-state index is -3.56. The van der Waals surface area contributed by atoms with Crippen LogP contribution in [0.5, 0.6) is 0 Å². The smallest absolute Gasteiger partial charge is 0.240 e. The summed E-state index contributed by atoms with van der Waals surface area (Å²) in [6.45, 7) is 0.203. The molecular weight excluding hydrogens is 284 g/mol. The number of sulfonamides is 1. The molecule has 0 saturated heterocycles. The summed E-state index contributed by atoms with van der Waals surface area (Å²) < 4.78 is 26.6. The third-order valence-electron chi connectivity index (χ3n) is 2.55. The summed E-state index contributed by atoms with van der Waals surface area (Å²) in [7, 11) is -3.56. The number of nitrogens with one attached hydrogen (secondary N) is 1. The number of rotatable bonds is 4. The van der Waals surface area contributed by atoms with Crippen LogP contribution < -0.4 is 10.5 Å². The number of nitrogen functional groups attached to an aromatic ring is 1. The fourth-order valence-corrected chi connectivity index (χ4v) is 2.85. The van der Waals surface area contributed by atoms with Gasteiger partial charge in [-0.05, 0) is 35.9 Å². The van der Waals surface area contributed by atoms with Crippen molar-refractivity contribution in [3.05, 3.63) is 59.1 Å². The lowest BCUT2D eigenvalue weighted by molar-refractivity contribution is 0.581. The molecule has 0 atom stereocenters. The van der Waals surface area contributed by atoms with E-state index in [-0.39, 0.29) is 11.4 Å². The lowest BCUT2D eigenvalue weighted by atomic mass is 10.2. The van der Waals surface area contributed by atoms with Gasteiger partial charge in [0.1, 0.15) is 0 Å². The average Bonchev–Trinajstić information content (AvgIpc) is 2.38. The molecule has 0 aliphatic heterocycles. The van der Waals surface area contributed by atoms with E-state index < -0.39 is 10.0 Å². The fourth-order valence-electron chi connectivity index (χ4n) is 1.53.